The van der Waals surface area contributed by atoms with Crippen molar-refractivity contribution < 1.29 is 9.53 Å². The van der Waals surface area contributed by atoms with Gasteiger partial charge in [-0.15, -0.1) is 0 Å². The molecular formula is C17H26N2O2. The van der Waals surface area contributed by atoms with E-state index in [0.29, 0.717) is 6.04 Å². The summed E-state index contributed by atoms with van der Waals surface area (Å²) in [6, 6.07) is 10.7. The maximum Gasteiger partial charge on any atom is 0.408 e. The van der Waals surface area contributed by atoms with Gasteiger partial charge in [-0.05, 0) is 52.1 Å². The molecule has 1 saturated carbocycles. The van der Waals surface area contributed by atoms with Crippen molar-refractivity contribution in [3.63, 3.8) is 0 Å². The number of carbonyl (C=O) groups is 1. The lowest BCUT2D eigenvalue weighted by Gasteiger charge is -2.24. The molecule has 1 aromatic rings. The fraction of sp³-hybridized carbons (Fsp3) is 0.588. The van der Waals surface area contributed by atoms with Crippen molar-refractivity contribution in [1.29, 1.82) is 0 Å². The van der Waals surface area contributed by atoms with E-state index in [9.17, 15) is 4.79 Å². The number of alkyl carbamates (subject to hydrolysis) is 1. The first-order valence-corrected chi connectivity index (χ1v) is 7.72. The summed E-state index contributed by atoms with van der Waals surface area (Å²) in [5.41, 5.74) is 0.637. The van der Waals surface area contributed by atoms with Gasteiger partial charge in [0.1, 0.15) is 5.60 Å². The Morgan fingerprint density at radius 3 is 2.52 bits per heavy atom. The zero-order valence-electron chi connectivity index (χ0n) is 13.2. The van der Waals surface area contributed by atoms with E-state index in [1.54, 1.807) is 0 Å². The van der Waals surface area contributed by atoms with Crippen molar-refractivity contribution in [1.82, 2.24) is 10.6 Å². The summed E-state index contributed by atoms with van der Waals surface area (Å²) in [4.78, 5) is 12.0. The Balaban J connectivity index is 1.92. The molecule has 1 amide bonds. The molecule has 0 saturated heterocycles. The highest BCUT2D eigenvalue weighted by molar-refractivity contribution is 5.68. The van der Waals surface area contributed by atoms with E-state index in [4.69, 9.17) is 4.74 Å². The average Bonchev–Trinajstić information content (AvgIpc) is 3.20. The van der Waals surface area contributed by atoms with E-state index in [1.165, 1.54) is 12.8 Å². The third-order valence-corrected chi connectivity index (χ3v) is 3.34. The van der Waals surface area contributed by atoms with Gasteiger partial charge in [-0.2, -0.15) is 0 Å². The van der Waals surface area contributed by atoms with Crippen molar-refractivity contribution in [3.8, 4) is 0 Å². The van der Waals surface area contributed by atoms with Crippen LogP contribution in [0.3, 0.4) is 0 Å². The predicted molar refractivity (Wildman–Crippen MR) is 84.2 cm³/mol. The third kappa shape index (κ3) is 6.17. The molecule has 0 aromatic heterocycles. The molecule has 1 aliphatic rings. The molecule has 116 valence electrons. The first-order chi connectivity index (χ1) is 9.94. The van der Waals surface area contributed by atoms with E-state index in [2.05, 4.69) is 10.6 Å². The van der Waals surface area contributed by atoms with Gasteiger partial charge in [-0.25, -0.2) is 4.79 Å². The number of benzene rings is 1. The largest absolute Gasteiger partial charge is 0.444 e. The minimum Gasteiger partial charge on any atom is -0.444 e. The Morgan fingerprint density at radius 2 is 1.95 bits per heavy atom. The number of nitrogens with one attached hydrogen (secondary N) is 2. The minimum absolute atomic E-state index is 0.0210. The Morgan fingerprint density at radius 1 is 1.29 bits per heavy atom. The molecule has 0 bridgehead atoms. The minimum atomic E-state index is -0.475. The van der Waals surface area contributed by atoms with Crippen molar-refractivity contribution >= 4 is 6.09 Å². The summed E-state index contributed by atoms with van der Waals surface area (Å²) in [6.45, 7) is 6.52. The molecule has 0 radical (unpaired) electrons. The first-order valence-electron chi connectivity index (χ1n) is 7.72. The van der Waals surface area contributed by atoms with Gasteiger partial charge in [0.2, 0.25) is 0 Å². The molecule has 0 spiro atoms. The lowest BCUT2D eigenvalue weighted by atomic mass is 10.0. The van der Waals surface area contributed by atoms with Gasteiger partial charge >= 0.3 is 6.09 Å². The fourth-order valence-corrected chi connectivity index (χ4v) is 2.18. The molecule has 0 aliphatic heterocycles. The Hall–Kier alpha value is -1.55. The number of hydrogen-bond donors (Lipinski definition) is 2. The van der Waals surface area contributed by atoms with Crippen LogP contribution in [0, 0.1) is 0 Å². The van der Waals surface area contributed by atoms with Gasteiger partial charge in [0.15, 0.2) is 0 Å². The van der Waals surface area contributed by atoms with Gasteiger partial charge in [0, 0.05) is 6.04 Å². The zero-order chi connectivity index (χ0) is 15.3. The number of carbonyl (C=O) groups excluding carboxylic acids is 1. The third-order valence-electron chi connectivity index (χ3n) is 3.34. The molecule has 0 heterocycles. The van der Waals surface area contributed by atoms with Gasteiger partial charge in [0.25, 0.3) is 0 Å². The van der Waals surface area contributed by atoms with Gasteiger partial charge < -0.3 is 15.4 Å². The molecule has 1 aromatic carbocycles. The van der Waals surface area contributed by atoms with Crippen LogP contribution in [0.4, 0.5) is 4.79 Å². The van der Waals surface area contributed by atoms with Gasteiger partial charge in [0.05, 0.1) is 6.04 Å². The topological polar surface area (TPSA) is 50.4 Å². The Labute approximate surface area is 127 Å². The van der Waals surface area contributed by atoms with E-state index in [1.807, 2.05) is 51.1 Å². The van der Waals surface area contributed by atoms with Gasteiger partial charge in [-0.1, -0.05) is 30.3 Å². The second-order valence-electron chi connectivity index (χ2n) is 6.63. The SMILES string of the molecule is CC(C)(C)OC(=O)NC(CCNC1CC1)c1ccccc1. The highest BCUT2D eigenvalue weighted by atomic mass is 16.6. The standard InChI is InChI=1S/C17H26N2O2/c1-17(2,3)21-16(20)19-15(11-12-18-14-9-10-14)13-7-5-4-6-8-13/h4-8,14-15,18H,9-12H2,1-3H3,(H,19,20). The molecule has 4 nitrogen and oxygen atoms in total. The van der Waals surface area contributed by atoms with Crippen LogP contribution in [-0.4, -0.2) is 24.3 Å². The van der Waals surface area contributed by atoms with Crippen LogP contribution in [0.5, 0.6) is 0 Å². The highest BCUT2D eigenvalue weighted by Gasteiger charge is 2.23. The van der Waals surface area contributed by atoms with E-state index in [0.717, 1.165) is 18.5 Å². The maximum atomic E-state index is 12.0. The fourth-order valence-electron chi connectivity index (χ4n) is 2.18. The molecule has 4 heteroatoms. The number of ether oxygens (including phenoxy) is 1. The van der Waals surface area contributed by atoms with Crippen LogP contribution in [-0.2, 0) is 4.74 Å². The highest BCUT2D eigenvalue weighted by Crippen LogP contribution is 2.21. The lowest BCUT2D eigenvalue weighted by molar-refractivity contribution is 0.0501. The molecule has 21 heavy (non-hydrogen) atoms. The summed E-state index contributed by atoms with van der Waals surface area (Å²) < 4.78 is 5.36. The van der Waals surface area contributed by atoms with Crippen molar-refractivity contribution in [2.24, 2.45) is 0 Å². The van der Waals surface area contributed by atoms with Crippen LogP contribution >= 0.6 is 0 Å². The Kier molecular flexibility index (Phi) is 5.23. The van der Waals surface area contributed by atoms with E-state index < -0.39 is 5.60 Å². The first kappa shape index (κ1) is 15.8. The van der Waals surface area contributed by atoms with E-state index in [-0.39, 0.29) is 12.1 Å². The molecule has 1 atom stereocenters. The van der Waals surface area contributed by atoms with Gasteiger partial charge in [-0.3, -0.25) is 0 Å². The summed E-state index contributed by atoms with van der Waals surface area (Å²) in [5.74, 6) is 0. The zero-order valence-corrected chi connectivity index (χ0v) is 13.2. The second-order valence-corrected chi connectivity index (χ2v) is 6.63. The van der Waals surface area contributed by atoms with Crippen LogP contribution in [0.1, 0.15) is 51.6 Å². The number of rotatable bonds is 6. The smallest absolute Gasteiger partial charge is 0.408 e. The summed E-state index contributed by atoms with van der Waals surface area (Å²) in [6.07, 6.45) is 3.05. The second kappa shape index (κ2) is 6.94. The van der Waals surface area contributed by atoms with E-state index >= 15 is 0 Å². The number of hydrogen-bond acceptors (Lipinski definition) is 3. The molecule has 1 fully saturated rings. The molecule has 2 N–H and O–H groups in total. The normalized spacial score (nSPS) is 16.3. The average molecular weight is 290 g/mol. The monoisotopic (exact) mass is 290 g/mol. The molecular weight excluding hydrogens is 264 g/mol. The van der Waals surface area contributed by atoms with Crippen LogP contribution in [0.25, 0.3) is 0 Å². The molecule has 1 unspecified atom stereocenters. The van der Waals surface area contributed by atoms with Crippen molar-refractivity contribution in [3.05, 3.63) is 35.9 Å². The summed E-state index contributed by atoms with van der Waals surface area (Å²) in [5, 5.41) is 6.47. The maximum absolute atomic E-state index is 12.0. The van der Waals surface area contributed by atoms with Crippen molar-refractivity contribution in [2.75, 3.05) is 6.54 Å². The lowest BCUT2D eigenvalue weighted by Crippen LogP contribution is -2.36. The molecule has 1 aliphatic carbocycles. The Bertz CT molecular complexity index is 450. The van der Waals surface area contributed by atoms with Crippen LogP contribution < -0.4 is 10.6 Å². The van der Waals surface area contributed by atoms with Crippen molar-refractivity contribution in [2.45, 2.75) is 57.7 Å². The number of amides is 1. The quantitative estimate of drug-likeness (QED) is 0.844. The summed E-state index contributed by atoms with van der Waals surface area (Å²) in [7, 11) is 0. The van der Waals surface area contributed by atoms with Crippen LogP contribution in [0.15, 0.2) is 30.3 Å². The molecule has 2 rings (SSSR count). The van der Waals surface area contributed by atoms with Crippen LogP contribution in [0.2, 0.25) is 0 Å². The summed E-state index contributed by atoms with van der Waals surface area (Å²) >= 11 is 0. The predicted octanol–water partition coefficient (Wildman–Crippen LogP) is 3.39.